The zero-order valence-corrected chi connectivity index (χ0v) is 13.4. The molecule has 2 heteroatoms. The van der Waals surface area contributed by atoms with Crippen LogP contribution in [0.15, 0.2) is 0 Å². The Kier molecular flexibility index (Phi) is 4.94. The Hall–Kier alpha value is -0.0800. The van der Waals surface area contributed by atoms with Crippen LogP contribution in [0.3, 0.4) is 0 Å². The van der Waals surface area contributed by atoms with Gasteiger partial charge >= 0.3 is 0 Å². The molecule has 0 radical (unpaired) electrons. The second kappa shape index (κ2) is 6.13. The lowest BCUT2D eigenvalue weighted by Crippen LogP contribution is -2.46. The molecule has 0 bridgehead atoms. The summed E-state index contributed by atoms with van der Waals surface area (Å²) in [5.41, 5.74) is 0.679. The van der Waals surface area contributed by atoms with E-state index in [1.807, 2.05) is 0 Å². The quantitative estimate of drug-likeness (QED) is 0.826. The summed E-state index contributed by atoms with van der Waals surface area (Å²) in [6.07, 6.45) is 10.6. The molecule has 19 heavy (non-hydrogen) atoms. The van der Waals surface area contributed by atoms with E-state index in [4.69, 9.17) is 4.74 Å². The van der Waals surface area contributed by atoms with Crippen LogP contribution in [0, 0.1) is 11.3 Å². The van der Waals surface area contributed by atoms with Crippen molar-refractivity contribution in [3.8, 4) is 0 Å². The van der Waals surface area contributed by atoms with Crippen molar-refractivity contribution in [2.45, 2.75) is 83.8 Å². The molecule has 1 heterocycles. The number of ether oxygens (including phenoxy) is 1. The minimum absolute atomic E-state index is 0.251. The highest BCUT2D eigenvalue weighted by atomic mass is 16.5. The van der Waals surface area contributed by atoms with Gasteiger partial charge in [-0.3, -0.25) is 0 Å². The van der Waals surface area contributed by atoms with Crippen LogP contribution in [0.4, 0.5) is 0 Å². The molecular formula is C17H33NO. The molecule has 2 rings (SSSR count). The van der Waals surface area contributed by atoms with Crippen molar-refractivity contribution in [2.75, 3.05) is 13.7 Å². The topological polar surface area (TPSA) is 21.3 Å². The first-order chi connectivity index (χ1) is 8.97. The van der Waals surface area contributed by atoms with Gasteiger partial charge in [0, 0.05) is 12.6 Å². The van der Waals surface area contributed by atoms with Gasteiger partial charge in [0.15, 0.2) is 0 Å². The fourth-order valence-corrected chi connectivity index (χ4v) is 4.30. The first kappa shape index (κ1) is 15.3. The molecule has 2 aliphatic rings. The summed E-state index contributed by atoms with van der Waals surface area (Å²) in [6.45, 7) is 8.22. The maximum atomic E-state index is 6.25. The van der Waals surface area contributed by atoms with E-state index in [2.05, 4.69) is 33.1 Å². The summed E-state index contributed by atoms with van der Waals surface area (Å²) in [7, 11) is 2.08. The minimum atomic E-state index is 0.251. The van der Waals surface area contributed by atoms with Gasteiger partial charge in [-0.05, 0) is 57.4 Å². The molecule has 1 aliphatic heterocycles. The van der Waals surface area contributed by atoms with Crippen molar-refractivity contribution >= 4 is 0 Å². The van der Waals surface area contributed by atoms with Crippen LogP contribution >= 0.6 is 0 Å². The third-order valence-corrected chi connectivity index (χ3v) is 5.69. The predicted octanol–water partition coefficient (Wildman–Crippen LogP) is 4.14. The number of hydrogen-bond acceptors (Lipinski definition) is 2. The first-order valence-corrected chi connectivity index (χ1v) is 8.29. The number of hydrogen-bond donors (Lipinski definition) is 1. The average molecular weight is 267 g/mol. The molecule has 112 valence electrons. The average Bonchev–Trinajstić information content (AvgIpc) is 2.39. The molecule has 0 aromatic rings. The van der Waals surface area contributed by atoms with Crippen molar-refractivity contribution in [3.05, 3.63) is 0 Å². The Morgan fingerprint density at radius 2 is 1.95 bits per heavy atom. The van der Waals surface area contributed by atoms with Crippen molar-refractivity contribution in [2.24, 2.45) is 11.3 Å². The fraction of sp³-hybridized carbons (Fsp3) is 1.00. The lowest BCUT2D eigenvalue weighted by atomic mass is 9.65. The first-order valence-electron chi connectivity index (χ1n) is 8.29. The second-order valence-corrected chi connectivity index (χ2v) is 7.66. The van der Waals surface area contributed by atoms with Crippen LogP contribution < -0.4 is 5.32 Å². The van der Waals surface area contributed by atoms with Gasteiger partial charge in [-0.1, -0.05) is 33.1 Å². The van der Waals surface area contributed by atoms with E-state index in [0.717, 1.165) is 12.5 Å². The van der Waals surface area contributed by atoms with Gasteiger partial charge in [-0.25, -0.2) is 0 Å². The smallest absolute Gasteiger partial charge is 0.0685 e. The highest BCUT2D eigenvalue weighted by molar-refractivity contribution is 4.94. The molecule has 2 unspecified atom stereocenters. The lowest BCUT2D eigenvalue weighted by Gasteiger charge is -2.48. The molecule has 1 N–H and O–H groups in total. The zero-order chi connectivity index (χ0) is 13.9. The molecule has 0 aromatic carbocycles. The van der Waals surface area contributed by atoms with Gasteiger partial charge in [0.2, 0.25) is 0 Å². The summed E-state index contributed by atoms with van der Waals surface area (Å²) in [6, 6.07) is 0.611. The van der Waals surface area contributed by atoms with E-state index in [9.17, 15) is 0 Å². The molecule has 2 atom stereocenters. The van der Waals surface area contributed by atoms with Crippen molar-refractivity contribution in [1.29, 1.82) is 0 Å². The normalized spacial score (nSPS) is 29.4. The highest BCUT2D eigenvalue weighted by Crippen LogP contribution is 2.47. The standard InChI is InChI=1S/C17H33NO/c1-14(18-4)12-16(2,3)15-8-11-19-17(13-15)9-6-5-7-10-17/h14-15,18H,5-13H2,1-4H3. The van der Waals surface area contributed by atoms with E-state index >= 15 is 0 Å². The second-order valence-electron chi connectivity index (χ2n) is 7.66. The van der Waals surface area contributed by atoms with Crippen LogP contribution in [-0.2, 0) is 4.74 Å². The Morgan fingerprint density at radius 1 is 1.26 bits per heavy atom. The Morgan fingerprint density at radius 3 is 2.58 bits per heavy atom. The SMILES string of the molecule is CNC(C)CC(C)(C)C1CCOC2(CCCCC2)C1. The van der Waals surface area contributed by atoms with Crippen LogP contribution in [0.25, 0.3) is 0 Å². The van der Waals surface area contributed by atoms with Crippen molar-refractivity contribution < 1.29 is 4.74 Å². The third kappa shape index (κ3) is 3.72. The van der Waals surface area contributed by atoms with Crippen LogP contribution in [-0.4, -0.2) is 25.3 Å². The van der Waals surface area contributed by atoms with Gasteiger partial charge in [0.05, 0.1) is 5.60 Å². The summed E-state index contributed by atoms with van der Waals surface area (Å²) in [4.78, 5) is 0. The van der Waals surface area contributed by atoms with Crippen molar-refractivity contribution in [3.63, 3.8) is 0 Å². The molecule has 2 fully saturated rings. The molecule has 0 amide bonds. The number of nitrogens with one attached hydrogen (secondary N) is 1. The van der Waals surface area contributed by atoms with Gasteiger partial charge < -0.3 is 10.1 Å². The van der Waals surface area contributed by atoms with Crippen molar-refractivity contribution in [1.82, 2.24) is 5.32 Å². The molecular weight excluding hydrogens is 234 g/mol. The van der Waals surface area contributed by atoms with Gasteiger partial charge in [0.25, 0.3) is 0 Å². The molecule has 1 aliphatic carbocycles. The van der Waals surface area contributed by atoms with E-state index in [1.165, 1.54) is 51.4 Å². The lowest BCUT2D eigenvalue weighted by molar-refractivity contribution is -0.134. The van der Waals surface area contributed by atoms with Crippen LogP contribution in [0.1, 0.15) is 72.1 Å². The fourth-order valence-electron chi connectivity index (χ4n) is 4.30. The summed E-state index contributed by atoms with van der Waals surface area (Å²) >= 11 is 0. The number of rotatable bonds is 4. The monoisotopic (exact) mass is 267 g/mol. The van der Waals surface area contributed by atoms with E-state index in [-0.39, 0.29) is 5.60 Å². The van der Waals surface area contributed by atoms with Gasteiger partial charge in [-0.15, -0.1) is 0 Å². The van der Waals surface area contributed by atoms with E-state index in [0.29, 0.717) is 11.5 Å². The maximum absolute atomic E-state index is 6.25. The molecule has 0 aromatic heterocycles. The zero-order valence-electron chi connectivity index (χ0n) is 13.4. The van der Waals surface area contributed by atoms with Crippen LogP contribution in [0.5, 0.6) is 0 Å². The largest absolute Gasteiger partial charge is 0.375 e. The summed E-state index contributed by atoms with van der Waals surface area (Å²) in [5, 5.41) is 3.40. The summed E-state index contributed by atoms with van der Waals surface area (Å²) in [5.74, 6) is 0.829. The van der Waals surface area contributed by atoms with Gasteiger partial charge in [-0.2, -0.15) is 0 Å². The molecule has 1 saturated carbocycles. The molecule has 1 saturated heterocycles. The Bertz CT molecular complexity index is 275. The molecule has 2 nitrogen and oxygen atoms in total. The van der Waals surface area contributed by atoms with Gasteiger partial charge in [0.1, 0.15) is 0 Å². The highest BCUT2D eigenvalue weighted by Gasteiger charge is 2.43. The summed E-state index contributed by atoms with van der Waals surface area (Å²) < 4.78 is 6.25. The predicted molar refractivity (Wildman–Crippen MR) is 81.4 cm³/mol. The third-order valence-electron chi connectivity index (χ3n) is 5.69. The molecule has 1 spiro atoms. The van der Waals surface area contributed by atoms with Crippen LogP contribution in [0.2, 0.25) is 0 Å². The van der Waals surface area contributed by atoms with E-state index < -0.39 is 0 Å². The maximum Gasteiger partial charge on any atom is 0.0685 e. The Labute approximate surface area is 119 Å². The Balaban J connectivity index is 1.99. The minimum Gasteiger partial charge on any atom is -0.375 e. The van der Waals surface area contributed by atoms with E-state index in [1.54, 1.807) is 0 Å².